The summed E-state index contributed by atoms with van der Waals surface area (Å²) in [6.45, 7) is 7.18. The monoisotopic (exact) mass is 665 g/mol. The fourth-order valence-electron chi connectivity index (χ4n) is 4.16. The maximum atomic E-state index is 14.1. The zero-order valence-electron chi connectivity index (χ0n) is 24.8. The fraction of sp³-hybridized carbons (Fsp3) is 0.355. The molecule has 0 spiro atoms. The second-order valence-corrected chi connectivity index (χ2v) is 13.4. The zero-order valence-corrected chi connectivity index (χ0v) is 28.0. The molecule has 3 aromatic carbocycles. The molecule has 2 atom stereocenters. The highest BCUT2D eigenvalue weighted by Crippen LogP contribution is 2.28. The van der Waals surface area contributed by atoms with Crippen molar-refractivity contribution in [1.82, 2.24) is 10.2 Å². The third kappa shape index (κ3) is 9.04. The van der Waals surface area contributed by atoms with E-state index in [9.17, 15) is 18.0 Å². The van der Waals surface area contributed by atoms with Gasteiger partial charge >= 0.3 is 0 Å². The van der Waals surface area contributed by atoms with Crippen LogP contribution in [-0.4, -0.2) is 56.6 Å². The molecule has 232 valence electrons. The van der Waals surface area contributed by atoms with E-state index in [2.05, 4.69) is 5.32 Å². The molecule has 0 radical (unpaired) electrons. The molecule has 0 aliphatic carbocycles. The first-order valence-electron chi connectivity index (χ1n) is 13.8. The number of hydrogen-bond acceptors (Lipinski definition) is 6. The molecule has 8 nitrogen and oxygen atoms in total. The molecule has 0 aliphatic rings. The lowest BCUT2D eigenvalue weighted by molar-refractivity contribution is -0.139. The van der Waals surface area contributed by atoms with Crippen LogP contribution in [0.15, 0.2) is 76.5 Å². The molecule has 0 heterocycles. The minimum atomic E-state index is -4.19. The Morgan fingerprint density at radius 3 is 2.16 bits per heavy atom. The molecular weight excluding hydrogens is 629 g/mol. The third-order valence-electron chi connectivity index (χ3n) is 6.87. The summed E-state index contributed by atoms with van der Waals surface area (Å²) in [6.07, 6.45) is 2.60. The maximum Gasteiger partial charge on any atom is 0.264 e. The average Bonchev–Trinajstić information content (AvgIpc) is 3.00. The Kier molecular flexibility index (Phi) is 12.6. The van der Waals surface area contributed by atoms with Gasteiger partial charge in [0.05, 0.1) is 27.2 Å². The van der Waals surface area contributed by atoms with Crippen molar-refractivity contribution < 1.29 is 22.7 Å². The Hall–Kier alpha value is -2.92. The van der Waals surface area contributed by atoms with E-state index in [0.29, 0.717) is 34.4 Å². The quantitative estimate of drug-likeness (QED) is 0.194. The summed E-state index contributed by atoms with van der Waals surface area (Å²) >= 11 is 13.8. The van der Waals surface area contributed by atoms with E-state index < -0.39 is 28.5 Å². The highest BCUT2D eigenvalue weighted by molar-refractivity contribution is 7.98. The molecule has 0 saturated heterocycles. The van der Waals surface area contributed by atoms with Crippen LogP contribution < -0.4 is 14.4 Å². The number of rotatable bonds is 14. The fourth-order valence-corrected chi connectivity index (χ4v) is 6.30. The number of benzene rings is 3. The lowest BCUT2D eigenvalue weighted by Gasteiger charge is -2.32. The number of anilines is 1. The lowest BCUT2D eigenvalue weighted by atomic mass is 10.1. The molecular formula is C31H37Cl2N3O5S2. The molecule has 2 amide bonds. The summed E-state index contributed by atoms with van der Waals surface area (Å²) < 4.78 is 34.7. The second-order valence-electron chi connectivity index (χ2n) is 9.88. The van der Waals surface area contributed by atoms with Gasteiger partial charge in [-0.3, -0.25) is 13.9 Å². The molecule has 43 heavy (non-hydrogen) atoms. The number of hydrogen-bond donors (Lipinski definition) is 1. The van der Waals surface area contributed by atoms with E-state index in [1.807, 2.05) is 27.0 Å². The van der Waals surface area contributed by atoms with Gasteiger partial charge in [-0.1, -0.05) is 36.2 Å². The Morgan fingerprint density at radius 2 is 1.60 bits per heavy atom. The number of nitrogens with zero attached hydrogens (tertiary/aromatic N) is 2. The molecule has 0 unspecified atom stereocenters. The van der Waals surface area contributed by atoms with E-state index >= 15 is 0 Å². The van der Waals surface area contributed by atoms with Gasteiger partial charge in [0, 0.05) is 17.5 Å². The number of carbonyl (C=O) groups is 2. The first kappa shape index (κ1) is 34.6. The van der Waals surface area contributed by atoms with Crippen LogP contribution in [0.2, 0.25) is 10.0 Å². The first-order chi connectivity index (χ1) is 20.4. The zero-order chi connectivity index (χ0) is 31.7. The van der Waals surface area contributed by atoms with Crippen LogP contribution in [-0.2, 0) is 26.2 Å². The molecule has 0 saturated carbocycles. The van der Waals surface area contributed by atoms with Gasteiger partial charge in [0.1, 0.15) is 18.3 Å². The van der Waals surface area contributed by atoms with Gasteiger partial charge in [-0.25, -0.2) is 8.42 Å². The van der Waals surface area contributed by atoms with Crippen LogP contribution in [0.3, 0.4) is 0 Å². The van der Waals surface area contributed by atoms with Crippen LogP contribution in [0.5, 0.6) is 5.75 Å². The number of amides is 2. The van der Waals surface area contributed by atoms with Gasteiger partial charge in [0.15, 0.2) is 0 Å². The van der Waals surface area contributed by atoms with E-state index in [4.69, 9.17) is 27.9 Å². The predicted octanol–water partition coefficient (Wildman–Crippen LogP) is 6.64. The van der Waals surface area contributed by atoms with Gasteiger partial charge in [-0.2, -0.15) is 0 Å². The van der Waals surface area contributed by atoms with Crippen LogP contribution in [0, 0.1) is 0 Å². The van der Waals surface area contributed by atoms with E-state index in [-0.39, 0.29) is 29.1 Å². The molecule has 3 rings (SSSR count). The Balaban J connectivity index is 2.05. The van der Waals surface area contributed by atoms with Crippen LogP contribution >= 0.6 is 35.0 Å². The number of halogens is 2. The van der Waals surface area contributed by atoms with Crippen molar-refractivity contribution in [3.8, 4) is 5.75 Å². The Morgan fingerprint density at radius 1 is 0.953 bits per heavy atom. The highest BCUT2D eigenvalue weighted by atomic mass is 35.5. The van der Waals surface area contributed by atoms with Gasteiger partial charge in [-0.15, -0.1) is 11.8 Å². The van der Waals surface area contributed by atoms with Crippen molar-refractivity contribution in [2.75, 3.05) is 23.7 Å². The van der Waals surface area contributed by atoms with E-state index in [1.54, 1.807) is 61.5 Å². The summed E-state index contributed by atoms with van der Waals surface area (Å²) in [5.74, 6) is -0.363. The standard InChI is InChI=1S/C31H37Cl2N3O5S2/c1-6-21(3)34-31(38)22(4)35(19-23-8-17-28(32)29(33)18-23)30(37)20-36(24-9-11-25(12-10-24)41-7-2)43(39,40)27-15-13-26(42-5)14-16-27/h8-18,21-22H,6-7,19-20H2,1-5H3,(H,34,38)/t21-,22-/m0/s1. The van der Waals surface area contributed by atoms with Gasteiger partial charge in [0.2, 0.25) is 11.8 Å². The molecule has 0 aliphatic heterocycles. The SMILES string of the molecule is CCOc1ccc(N(CC(=O)N(Cc2ccc(Cl)c(Cl)c2)[C@@H](C)C(=O)N[C@@H](C)CC)S(=O)(=O)c2ccc(SC)cc2)cc1. The smallest absolute Gasteiger partial charge is 0.264 e. The minimum absolute atomic E-state index is 0.00437. The molecule has 1 N–H and O–H groups in total. The maximum absolute atomic E-state index is 14.1. The van der Waals surface area contributed by atoms with Crippen molar-refractivity contribution in [1.29, 1.82) is 0 Å². The van der Waals surface area contributed by atoms with Crippen LogP contribution in [0.4, 0.5) is 5.69 Å². The summed E-state index contributed by atoms with van der Waals surface area (Å²) in [4.78, 5) is 29.6. The lowest BCUT2D eigenvalue weighted by Crippen LogP contribution is -2.52. The summed E-state index contributed by atoms with van der Waals surface area (Å²) in [5, 5.41) is 3.57. The number of carbonyl (C=O) groups excluding carboxylic acids is 2. The largest absolute Gasteiger partial charge is 0.494 e. The molecule has 12 heteroatoms. The van der Waals surface area contributed by atoms with Crippen LogP contribution in [0.25, 0.3) is 0 Å². The van der Waals surface area contributed by atoms with Crippen molar-refractivity contribution in [3.05, 3.63) is 82.3 Å². The number of nitrogens with one attached hydrogen (secondary N) is 1. The molecule has 0 aromatic heterocycles. The van der Waals surface area contributed by atoms with E-state index in [1.165, 1.54) is 28.8 Å². The van der Waals surface area contributed by atoms with Crippen molar-refractivity contribution in [3.63, 3.8) is 0 Å². The van der Waals surface area contributed by atoms with Crippen molar-refractivity contribution in [2.45, 2.75) is 62.5 Å². The van der Waals surface area contributed by atoms with Crippen molar-refractivity contribution >= 4 is 62.5 Å². The average molecular weight is 667 g/mol. The number of ether oxygens (including phenoxy) is 1. The summed E-state index contributed by atoms with van der Waals surface area (Å²) in [5.41, 5.74) is 0.908. The Bertz CT molecular complexity index is 1500. The first-order valence-corrected chi connectivity index (χ1v) is 17.3. The van der Waals surface area contributed by atoms with Gasteiger partial charge in [-0.05, 0) is 99.7 Å². The predicted molar refractivity (Wildman–Crippen MR) is 175 cm³/mol. The number of sulfonamides is 1. The highest BCUT2D eigenvalue weighted by Gasteiger charge is 2.33. The van der Waals surface area contributed by atoms with Gasteiger partial charge in [0.25, 0.3) is 10.0 Å². The summed E-state index contributed by atoms with van der Waals surface area (Å²) in [7, 11) is -4.19. The number of thioether (sulfide) groups is 1. The third-order valence-corrected chi connectivity index (χ3v) is 10.1. The molecule has 0 fully saturated rings. The minimum Gasteiger partial charge on any atom is -0.494 e. The summed E-state index contributed by atoms with van der Waals surface area (Å²) in [6, 6.07) is 16.9. The Labute approximate surface area is 268 Å². The molecule has 0 bridgehead atoms. The van der Waals surface area contributed by atoms with E-state index in [0.717, 1.165) is 9.20 Å². The topological polar surface area (TPSA) is 96.0 Å². The normalized spacial score (nSPS) is 12.7. The molecule has 3 aromatic rings. The van der Waals surface area contributed by atoms with Crippen molar-refractivity contribution in [2.24, 2.45) is 0 Å². The van der Waals surface area contributed by atoms with Crippen LogP contribution in [0.1, 0.15) is 39.7 Å². The van der Waals surface area contributed by atoms with Gasteiger partial charge < -0.3 is 15.0 Å². The second kappa shape index (κ2) is 15.7.